The van der Waals surface area contributed by atoms with Gasteiger partial charge in [-0.1, -0.05) is 49.7 Å². The molecule has 1 N–H and O–H groups in total. The van der Waals surface area contributed by atoms with Gasteiger partial charge in [0.1, 0.15) is 5.75 Å². The molecule has 2 rings (SSSR count). The lowest BCUT2D eigenvalue weighted by Gasteiger charge is -2.14. The van der Waals surface area contributed by atoms with Crippen LogP contribution >= 0.6 is 11.6 Å². The van der Waals surface area contributed by atoms with Crippen molar-refractivity contribution in [1.29, 1.82) is 0 Å². The highest BCUT2D eigenvalue weighted by Gasteiger charge is 2.13. The van der Waals surface area contributed by atoms with Crippen LogP contribution in [0.4, 0.5) is 5.69 Å². The van der Waals surface area contributed by atoms with Crippen LogP contribution in [0.25, 0.3) is 0 Å². The van der Waals surface area contributed by atoms with E-state index in [-0.39, 0.29) is 11.8 Å². The Bertz CT molecular complexity index is 628. The van der Waals surface area contributed by atoms with Gasteiger partial charge in [-0.05, 0) is 30.7 Å². The molecule has 0 radical (unpaired) electrons. The summed E-state index contributed by atoms with van der Waals surface area (Å²) in [6.45, 7) is 3.88. The Morgan fingerprint density at radius 3 is 2.43 bits per heavy atom. The standard InChI is InChI=1S/C17H18ClNO2/c1-3-12(2)17(20)19-14-9-5-7-11-16(14)21-15-10-6-4-8-13(15)18/h4-12H,3H2,1-2H3,(H,19,20)/t12-/m0/s1. The molecule has 0 aliphatic heterocycles. The first kappa shape index (κ1) is 15.4. The number of halogens is 1. The number of benzene rings is 2. The number of hydrogen-bond acceptors (Lipinski definition) is 2. The summed E-state index contributed by atoms with van der Waals surface area (Å²) < 4.78 is 5.81. The third-order valence-corrected chi connectivity index (χ3v) is 3.57. The minimum Gasteiger partial charge on any atom is -0.454 e. The maximum atomic E-state index is 12.0. The van der Waals surface area contributed by atoms with E-state index in [1.165, 1.54) is 0 Å². The van der Waals surface area contributed by atoms with Crippen LogP contribution in [-0.4, -0.2) is 5.91 Å². The van der Waals surface area contributed by atoms with Crippen LogP contribution in [-0.2, 0) is 4.79 Å². The summed E-state index contributed by atoms with van der Waals surface area (Å²) in [5.41, 5.74) is 0.641. The molecule has 2 aromatic rings. The minimum absolute atomic E-state index is 0.0206. The fraction of sp³-hybridized carbons (Fsp3) is 0.235. The maximum absolute atomic E-state index is 12.0. The van der Waals surface area contributed by atoms with Crippen molar-refractivity contribution in [2.45, 2.75) is 20.3 Å². The SMILES string of the molecule is CC[C@H](C)C(=O)Nc1ccccc1Oc1ccccc1Cl. The van der Waals surface area contributed by atoms with E-state index in [4.69, 9.17) is 16.3 Å². The number of anilines is 1. The lowest BCUT2D eigenvalue weighted by atomic mass is 10.1. The summed E-state index contributed by atoms with van der Waals surface area (Å²) in [4.78, 5) is 12.0. The number of carbonyl (C=O) groups is 1. The van der Waals surface area contributed by atoms with Crippen molar-refractivity contribution in [3.8, 4) is 11.5 Å². The fourth-order valence-corrected chi connectivity index (χ4v) is 1.92. The van der Waals surface area contributed by atoms with E-state index in [0.717, 1.165) is 6.42 Å². The number of hydrogen-bond donors (Lipinski definition) is 1. The second-order valence-corrected chi connectivity index (χ2v) is 5.23. The van der Waals surface area contributed by atoms with Crippen molar-refractivity contribution in [3.05, 3.63) is 53.6 Å². The zero-order valence-electron chi connectivity index (χ0n) is 12.1. The molecule has 0 heterocycles. The minimum atomic E-state index is -0.0432. The van der Waals surface area contributed by atoms with Crippen LogP contribution in [0.1, 0.15) is 20.3 Å². The third-order valence-electron chi connectivity index (χ3n) is 3.26. The lowest BCUT2D eigenvalue weighted by Crippen LogP contribution is -2.19. The Balaban J connectivity index is 2.21. The van der Waals surface area contributed by atoms with Crippen molar-refractivity contribution in [3.63, 3.8) is 0 Å². The third kappa shape index (κ3) is 3.99. The van der Waals surface area contributed by atoms with Gasteiger partial charge in [0.15, 0.2) is 5.75 Å². The molecular formula is C17H18ClNO2. The lowest BCUT2D eigenvalue weighted by molar-refractivity contribution is -0.119. The van der Waals surface area contributed by atoms with E-state index >= 15 is 0 Å². The smallest absolute Gasteiger partial charge is 0.227 e. The predicted molar refractivity (Wildman–Crippen MR) is 86.1 cm³/mol. The molecule has 0 unspecified atom stereocenters. The molecule has 3 nitrogen and oxygen atoms in total. The van der Waals surface area contributed by atoms with Crippen molar-refractivity contribution in [1.82, 2.24) is 0 Å². The fourth-order valence-electron chi connectivity index (χ4n) is 1.75. The Morgan fingerprint density at radius 2 is 1.76 bits per heavy atom. The van der Waals surface area contributed by atoms with Gasteiger partial charge in [-0.2, -0.15) is 0 Å². The summed E-state index contributed by atoms with van der Waals surface area (Å²) in [6, 6.07) is 14.6. The molecule has 0 saturated heterocycles. The van der Waals surface area contributed by atoms with Gasteiger partial charge in [-0.3, -0.25) is 4.79 Å². The molecule has 4 heteroatoms. The van der Waals surface area contributed by atoms with E-state index in [9.17, 15) is 4.79 Å². The van der Waals surface area contributed by atoms with Crippen LogP contribution in [0.2, 0.25) is 5.02 Å². The van der Waals surface area contributed by atoms with Gasteiger partial charge in [-0.25, -0.2) is 0 Å². The Labute approximate surface area is 129 Å². The largest absolute Gasteiger partial charge is 0.454 e. The van der Waals surface area contributed by atoms with E-state index in [1.54, 1.807) is 18.2 Å². The van der Waals surface area contributed by atoms with Crippen LogP contribution < -0.4 is 10.1 Å². The highest BCUT2D eigenvalue weighted by atomic mass is 35.5. The van der Waals surface area contributed by atoms with E-state index in [1.807, 2.05) is 44.2 Å². The molecule has 21 heavy (non-hydrogen) atoms. The first-order valence-corrected chi connectivity index (χ1v) is 7.32. The average molecular weight is 304 g/mol. The topological polar surface area (TPSA) is 38.3 Å². The molecule has 0 bridgehead atoms. The van der Waals surface area contributed by atoms with E-state index in [2.05, 4.69) is 5.32 Å². The number of rotatable bonds is 5. The van der Waals surface area contributed by atoms with Crippen molar-refractivity contribution >= 4 is 23.2 Å². The van der Waals surface area contributed by atoms with Crippen LogP contribution in [0, 0.1) is 5.92 Å². The molecule has 1 atom stereocenters. The van der Waals surface area contributed by atoms with Crippen LogP contribution in [0.5, 0.6) is 11.5 Å². The summed E-state index contributed by atoms with van der Waals surface area (Å²) in [5.74, 6) is 1.07. The van der Waals surface area contributed by atoms with Gasteiger partial charge in [0, 0.05) is 5.92 Å². The first-order valence-electron chi connectivity index (χ1n) is 6.94. The summed E-state index contributed by atoms with van der Waals surface area (Å²) in [5, 5.41) is 3.42. The highest BCUT2D eigenvalue weighted by molar-refractivity contribution is 6.32. The summed E-state index contributed by atoms with van der Waals surface area (Å²) >= 11 is 6.09. The number of carbonyl (C=O) groups excluding carboxylic acids is 1. The number of amides is 1. The molecular weight excluding hydrogens is 286 g/mol. The zero-order valence-corrected chi connectivity index (χ0v) is 12.9. The molecule has 0 saturated carbocycles. The average Bonchev–Trinajstić information content (AvgIpc) is 2.50. The van der Waals surface area contributed by atoms with Crippen molar-refractivity contribution in [2.24, 2.45) is 5.92 Å². The Morgan fingerprint density at radius 1 is 1.14 bits per heavy atom. The van der Waals surface area contributed by atoms with E-state index < -0.39 is 0 Å². The molecule has 1 amide bonds. The molecule has 2 aromatic carbocycles. The number of nitrogens with one attached hydrogen (secondary N) is 1. The molecule has 0 aliphatic carbocycles. The first-order chi connectivity index (χ1) is 10.1. The second-order valence-electron chi connectivity index (χ2n) is 4.83. The monoisotopic (exact) mass is 303 g/mol. The molecule has 110 valence electrons. The second kappa shape index (κ2) is 7.14. The normalized spacial score (nSPS) is 11.8. The molecule has 0 aromatic heterocycles. The van der Waals surface area contributed by atoms with Gasteiger partial charge in [0.25, 0.3) is 0 Å². The van der Waals surface area contributed by atoms with Crippen molar-refractivity contribution in [2.75, 3.05) is 5.32 Å². The Hall–Kier alpha value is -2.00. The quantitative estimate of drug-likeness (QED) is 0.833. The number of para-hydroxylation sites is 3. The van der Waals surface area contributed by atoms with Gasteiger partial charge in [0.05, 0.1) is 10.7 Å². The molecule has 0 aliphatic rings. The Kier molecular flexibility index (Phi) is 5.23. The predicted octanol–water partition coefficient (Wildman–Crippen LogP) is 5.12. The van der Waals surface area contributed by atoms with Gasteiger partial charge in [-0.15, -0.1) is 0 Å². The van der Waals surface area contributed by atoms with Gasteiger partial charge >= 0.3 is 0 Å². The zero-order chi connectivity index (χ0) is 15.2. The molecule has 0 fully saturated rings. The van der Waals surface area contributed by atoms with Crippen molar-refractivity contribution < 1.29 is 9.53 Å². The maximum Gasteiger partial charge on any atom is 0.227 e. The van der Waals surface area contributed by atoms with Crippen LogP contribution in [0.15, 0.2) is 48.5 Å². The summed E-state index contributed by atoms with van der Waals surface area (Å²) in [6.07, 6.45) is 0.791. The van der Waals surface area contributed by atoms with Crippen LogP contribution in [0.3, 0.4) is 0 Å². The number of ether oxygens (including phenoxy) is 1. The summed E-state index contributed by atoms with van der Waals surface area (Å²) in [7, 11) is 0. The highest BCUT2D eigenvalue weighted by Crippen LogP contribution is 2.33. The van der Waals surface area contributed by atoms with E-state index in [0.29, 0.717) is 22.2 Å². The van der Waals surface area contributed by atoms with Gasteiger partial charge in [0.2, 0.25) is 5.91 Å². The molecule has 0 spiro atoms. The van der Waals surface area contributed by atoms with Gasteiger partial charge < -0.3 is 10.1 Å².